The van der Waals surface area contributed by atoms with Crippen LogP contribution in [0.4, 0.5) is 0 Å². The minimum atomic E-state index is -0.859. The van der Waals surface area contributed by atoms with Crippen molar-refractivity contribution in [3.8, 4) is 11.5 Å². The van der Waals surface area contributed by atoms with Gasteiger partial charge in [0.05, 0.1) is 13.7 Å². The predicted molar refractivity (Wildman–Crippen MR) is 60.0 cm³/mol. The number of methoxy groups -OCH3 is 1. The van der Waals surface area contributed by atoms with Gasteiger partial charge in [0.2, 0.25) is 5.78 Å². The SMILES string of the molecule is CCOC(=O)C(=O)Cc1ccc(OC)c(O)c1. The van der Waals surface area contributed by atoms with E-state index in [-0.39, 0.29) is 18.8 Å². The van der Waals surface area contributed by atoms with E-state index in [9.17, 15) is 14.7 Å². The monoisotopic (exact) mass is 238 g/mol. The minimum Gasteiger partial charge on any atom is -0.504 e. The molecule has 5 heteroatoms. The molecule has 5 nitrogen and oxygen atoms in total. The highest BCUT2D eigenvalue weighted by atomic mass is 16.5. The number of carbonyl (C=O) groups is 2. The van der Waals surface area contributed by atoms with Gasteiger partial charge in [0, 0.05) is 6.42 Å². The summed E-state index contributed by atoms with van der Waals surface area (Å²) < 4.78 is 9.44. The first kappa shape index (κ1) is 13.0. The largest absolute Gasteiger partial charge is 0.504 e. The lowest BCUT2D eigenvalue weighted by molar-refractivity contribution is -0.153. The molecular formula is C12H14O5. The van der Waals surface area contributed by atoms with Crippen molar-refractivity contribution in [3.63, 3.8) is 0 Å². The highest BCUT2D eigenvalue weighted by molar-refractivity contribution is 6.34. The van der Waals surface area contributed by atoms with Crippen LogP contribution in [0.25, 0.3) is 0 Å². The van der Waals surface area contributed by atoms with E-state index in [1.54, 1.807) is 13.0 Å². The summed E-state index contributed by atoms with van der Waals surface area (Å²) in [5, 5.41) is 9.49. The maximum Gasteiger partial charge on any atom is 0.374 e. The fourth-order valence-electron chi connectivity index (χ4n) is 1.31. The number of ketones is 1. The van der Waals surface area contributed by atoms with E-state index in [4.69, 9.17) is 4.74 Å². The van der Waals surface area contributed by atoms with E-state index in [0.717, 1.165) is 0 Å². The molecule has 0 fully saturated rings. The molecule has 17 heavy (non-hydrogen) atoms. The first-order valence-corrected chi connectivity index (χ1v) is 5.14. The summed E-state index contributed by atoms with van der Waals surface area (Å²) in [6.45, 7) is 1.79. The van der Waals surface area contributed by atoms with Gasteiger partial charge in [0.1, 0.15) is 0 Å². The van der Waals surface area contributed by atoms with Gasteiger partial charge in [-0.3, -0.25) is 4.79 Å². The van der Waals surface area contributed by atoms with E-state index in [1.165, 1.54) is 19.2 Å². The van der Waals surface area contributed by atoms with Crippen molar-refractivity contribution in [2.75, 3.05) is 13.7 Å². The Hall–Kier alpha value is -2.04. The predicted octanol–water partition coefficient (Wildman–Crippen LogP) is 1.08. The van der Waals surface area contributed by atoms with Gasteiger partial charge < -0.3 is 14.6 Å². The van der Waals surface area contributed by atoms with Crippen molar-refractivity contribution >= 4 is 11.8 Å². The molecule has 0 aromatic heterocycles. The second-order valence-electron chi connectivity index (χ2n) is 3.33. The smallest absolute Gasteiger partial charge is 0.374 e. The summed E-state index contributed by atoms with van der Waals surface area (Å²) in [4.78, 5) is 22.5. The minimum absolute atomic E-state index is 0.0679. The Morgan fingerprint density at radius 2 is 2.06 bits per heavy atom. The second-order valence-corrected chi connectivity index (χ2v) is 3.33. The van der Waals surface area contributed by atoms with Crippen molar-refractivity contribution in [1.29, 1.82) is 0 Å². The Balaban J connectivity index is 2.72. The van der Waals surface area contributed by atoms with Gasteiger partial charge in [0.15, 0.2) is 11.5 Å². The van der Waals surface area contributed by atoms with Gasteiger partial charge in [-0.15, -0.1) is 0 Å². The first-order chi connectivity index (χ1) is 8.08. The molecule has 0 radical (unpaired) electrons. The number of hydrogen-bond donors (Lipinski definition) is 1. The van der Waals surface area contributed by atoms with E-state index >= 15 is 0 Å². The topological polar surface area (TPSA) is 72.8 Å². The Morgan fingerprint density at radius 3 is 2.59 bits per heavy atom. The molecule has 0 atom stereocenters. The molecular weight excluding hydrogens is 224 g/mol. The molecule has 0 unspecified atom stereocenters. The lowest BCUT2D eigenvalue weighted by atomic mass is 10.1. The number of ether oxygens (including phenoxy) is 2. The molecule has 0 spiro atoms. The van der Waals surface area contributed by atoms with Gasteiger partial charge in [-0.25, -0.2) is 4.79 Å². The molecule has 0 saturated carbocycles. The van der Waals surface area contributed by atoms with Crippen LogP contribution in [0.1, 0.15) is 12.5 Å². The summed E-state index contributed by atoms with van der Waals surface area (Å²) >= 11 is 0. The lowest BCUT2D eigenvalue weighted by Crippen LogP contribution is -2.19. The molecule has 0 amide bonds. The van der Waals surface area contributed by atoms with Gasteiger partial charge in [-0.1, -0.05) is 6.07 Å². The molecule has 1 rings (SSSR count). The molecule has 92 valence electrons. The fraction of sp³-hybridized carbons (Fsp3) is 0.333. The number of esters is 1. The summed E-state index contributed by atoms with van der Waals surface area (Å²) in [5.41, 5.74) is 0.529. The van der Waals surface area contributed by atoms with E-state index < -0.39 is 11.8 Å². The third-order valence-electron chi connectivity index (χ3n) is 2.11. The van der Waals surface area contributed by atoms with Crippen LogP contribution < -0.4 is 4.74 Å². The average molecular weight is 238 g/mol. The molecule has 0 bridgehead atoms. The number of hydrogen-bond acceptors (Lipinski definition) is 5. The van der Waals surface area contributed by atoms with Crippen LogP contribution in [0.5, 0.6) is 11.5 Å². The molecule has 1 aromatic carbocycles. The summed E-state index contributed by atoms with van der Waals surface area (Å²) in [5.74, 6) is -1.25. The Morgan fingerprint density at radius 1 is 1.35 bits per heavy atom. The number of Topliss-reactive ketones (excluding diaryl/α,β-unsaturated/α-hetero) is 1. The second kappa shape index (κ2) is 5.89. The number of phenolic OH excluding ortho intramolecular Hbond substituents is 1. The maximum absolute atomic E-state index is 11.4. The van der Waals surface area contributed by atoms with Crippen LogP contribution >= 0.6 is 0 Å². The summed E-state index contributed by atoms with van der Waals surface area (Å²) in [7, 11) is 1.43. The van der Waals surface area contributed by atoms with E-state index in [1.807, 2.05) is 0 Å². The summed E-state index contributed by atoms with van der Waals surface area (Å²) in [6, 6.07) is 4.52. The Bertz CT molecular complexity index is 425. The van der Waals surface area contributed by atoms with E-state index in [0.29, 0.717) is 11.3 Å². The number of phenols is 1. The third kappa shape index (κ3) is 3.48. The van der Waals surface area contributed by atoms with Crippen LogP contribution in [0.15, 0.2) is 18.2 Å². The molecule has 0 saturated heterocycles. The van der Waals surface area contributed by atoms with Gasteiger partial charge in [-0.05, 0) is 24.6 Å². The number of carbonyl (C=O) groups excluding carboxylic acids is 2. The molecule has 0 heterocycles. The van der Waals surface area contributed by atoms with Crippen molar-refractivity contribution < 1.29 is 24.2 Å². The maximum atomic E-state index is 11.4. The molecule has 0 aliphatic heterocycles. The van der Waals surface area contributed by atoms with Crippen molar-refractivity contribution in [2.24, 2.45) is 0 Å². The van der Waals surface area contributed by atoms with Crippen LogP contribution in [0.2, 0.25) is 0 Å². The highest BCUT2D eigenvalue weighted by Crippen LogP contribution is 2.26. The number of benzene rings is 1. The molecule has 0 aliphatic carbocycles. The molecule has 0 aliphatic rings. The average Bonchev–Trinajstić information content (AvgIpc) is 2.29. The van der Waals surface area contributed by atoms with Crippen LogP contribution in [-0.4, -0.2) is 30.6 Å². The quantitative estimate of drug-likeness (QED) is 0.613. The standard InChI is InChI=1S/C12H14O5/c1-3-17-12(15)10(14)7-8-4-5-11(16-2)9(13)6-8/h4-6,13H,3,7H2,1-2H3. The molecule has 1 aromatic rings. The molecule has 1 N–H and O–H groups in total. The van der Waals surface area contributed by atoms with E-state index in [2.05, 4.69) is 4.74 Å². The van der Waals surface area contributed by atoms with Gasteiger partial charge in [-0.2, -0.15) is 0 Å². The van der Waals surface area contributed by atoms with Crippen molar-refractivity contribution in [1.82, 2.24) is 0 Å². The van der Waals surface area contributed by atoms with Crippen LogP contribution in [-0.2, 0) is 20.7 Å². The Kier molecular flexibility index (Phi) is 4.51. The fourth-order valence-corrected chi connectivity index (χ4v) is 1.31. The van der Waals surface area contributed by atoms with Gasteiger partial charge in [0.25, 0.3) is 0 Å². The third-order valence-corrected chi connectivity index (χ3v) is 2.11. The lowest BCUT2D eigenvalue weighted by Gasteiger charge is -2.05. The van der Waals surface area contributed by atoms with Crippen LogP contribution in [0, 0.1) is 0 Å². The summed E-state index contributed by atoms with van der Waals surface area (Å²) in [6.07, 6.45) is -0.101. The first-order valence-electron chi connectivity index (χ1n) is 5.14. The zero-order valence-corrected chi connectivity index (χ0v) is 9.73. The Labute approximate surface area is 99.0 Å². The van der Waals surface area contributed by atoms with Crippen molar-refractivity contribution in [2.45, 2.75) is 13.3 Å². The van der Waals surface area contributed by atoms with Gasteiger partial charge >= 0.3 is 5.97 Å². The number of aromatic hydroxyl groups is 1. The highest BCUT2D eigenvalue weighted by Gasteiger charge is 2.16. The van der Waals surface area contributed by atoms with Crippen molar-refractivity contribution in [3.05, 3.63) is 23.8 Å². The number of rotatable bonds is 5. The normalized spacial score (nSPS) is 9.76. The van der Waals surface area contributed by atoms with Crippen LogP contribution in [0.3, 0.4) is 0 Å². The zero-order chi connectivity index (χ0) is 12.8. The zero-order valence-electron chi connectivity index (χ0n) is 9.73.